The molecule has 0 aliphatic carbocycles. The number of hydrogen-bond acceptors (Lipinski definition) is 5. The predicted molar refractivity (Wildman–Crippen MR) is 59.4 cm³/mol. The van der Waals surface area contributed by atoms with Crippen LogP contribution in [0.4, 0.5) is 0 Å². The van der Waals surface area contributed by atoms with Crippen LogP contribution in [-0.4, -0.2) is 44.1 Å². The standard InChI is InChI=1S/C9H19N5/c1-6(2)7-11-8(10-3)13-9(12-7)14(4)5/h6-7H,1-5H3,(H2,10,11,12,13). The molecule has 0 amide bonds. The van der Waals surface area contributed by atoms with Gasteiger partial charge in [-0.1, -0.05) is 13.8 Å². The van der Waals surface area contributed by atoms with E-state index in [1.165, 1.54) is 0 Å². The molecule has 1 aliphatic rings. The van der Waals surface area contributed by atoms with Crippen LogP contribution in [0.25, 0.3) is 0 Å². The summed E-state index contributed by atoms with van der Waals surface area (Å²) in [6.45, 7) is 4.23. The minimum absolute atomic E-state index is 0.0103. The summed E-state index contributed by atoms with van der Waals surface area (Å²) < 4.78 is 0. The Bertz CT molecular complexity index is 254. The fourth-order valence-electron chi connectivity index (χ4n) is 1.11. The molecule has 1 atom stereocenters. The fraction of sp³-hybridized carbons (Fsp3) is 0.778. The van der Waals surface area contributed by atoms with E-state index >= 15 is 0 Å². The molecule has 0 saturated carbocycles. The van der Waals surface area contributed by atoms with Crippen molar-refractivity contribution in [3.63, 3.8) is 0 Å². The molecule has 0 spiro atoms. The first kappa shape index (κ1) is 10.8. The van der Waals surface area contributed by atoms with Crippen LogP contribution in [0.15, 0.2) is 9.98 Å². The summed E-state index contributed by atoms with van der Waals surface area (Å²) in [7, 11) is 5.77. The zero-order valence-electron chi connectivity index (χ0n) is 9.50. The van der Waals surface area contributed by atoms with E-state index in [1.54, 1.807) is 0 Å². The van der Waals surface area contributed by atoms with Crippen LogP contribution in [0, 0.1) is 5.92 Å². The highest BCUT2D eigenvalue weighted by Crippen LogP contribution is 2.10. The van der Waals surface area contributed by atoms with Crippen molar-refractivity contribution in [2.75, 3.05) is 21.1 Å². The Labute approximate surface area is 85.3 Å². The average molecular weight is 197 g/mol. The summed E-state index contributed by atoms with van der Waals surface area (Å²) in [5.74, 6) is 2.04. The molecule has 2 N–H and O–H groups in total. The van der Waals surface area contributed by atoms with Crippen molar-refractivity contribution in [1.82, 2.24) is 15.5 Å². The lowest BCUT2D eigenvalue weighted by Crippen LogP contribution is -2.49. The number of nitrogens with one attached hydrogen (secondary N) is 2. The molecule has 1 heterocycles. The van der Waals surface area contributed by atoms with Gasteiger partial charge in [-0.05, 0) is 5.92 Å². The minimum Gasteiger partial charge on any atom is -0.359 e. The van der Waals surface area contributed by atoms with Crippen molar-refractivity contribution in [3.05, 3.63) is 0 Å². The Morgan fingerprint density at radius 2 is 2.00 bits per heavy atom. The lowest BCUT2D eigenvalue weighted by atomic mass is 10.1. The maximum Gasteiger partial charge on any atom is 0.202 e. The number of aliphatic imine (C=N–C) groups is 2. The molecule has 0 aromatic rings. The summed E-state index contributed by atoms with van der Waals surface area (Å²) in [5, 5.41) is 6.11. The van der Waals surface area contributed by atoms with Crippen LogP contribution in [0.5, 0.6) is 0 Å². The number of guanidine groups is 2. The molecule has 0 aromatic heterocycles. The highest BCUT2D eigenvalue weighted by Gasteiger charge is 2.19. The Morgan fingerprint density at radius 3 is 2.43 bits per heavy atom. The van der Waals surface area contributed by atoms with Crippen molar-refractivity contribution in [2.45, 2.75) is 20.0 Å². The molecule has 1 rings (SSSR count). The van der Waals surface area contributed by atoms with E-state index < -0.39 is 0 Å². The van der Waals surface area contributed by atoms with Gasteiger partial charge in [-0.2, -0.15) is 0 Å². The second kappa shape index (κ2) is 4.30. The fourth-order valence-corrected chi connectivity index (χ4v) is 1.11. The van der Waals surface area contributed by atoms with Gasteiger partial charge in [-0.3, -0.25) is 5.32 Å². The van der Waals surface area contributed by atoms with Crippen molar-refractivity contribution in [1.29, 1.82) is 0 Å². The third-order valence-electron chi connectivity index (χ3n) is 2.00. The van der Waals surface area contributed by atoms with Gasteiger partial charge in [-0.25, -0.2) is 9.98 Å². The molecule has 0 saturated heterocycles. The van der Waals surface area contributed by atoms with E-state index in [1.807, 2.05) is 26.0 Å². The second-order valence-electron chi connectivity index (χ2n) is 3.86. The molecule has 5 nitrogen and oxygen atoms in total. The molecular weight excluding hydrogens is 178 g/mol. The van der Waals surface area contributed by atoms with Crippen LogP contribution in [0.2, 0.25) is 0 Å². The van der Waals surface area contributed by atoms with Gasteiger partial charge in [0.1, 0.15) is 6.17 Å². The molecule has 1 unspecified atom stereocenters. The van der Waals surface area contributed by atoms with Gasteiger partial charge in [0.25, 0.3) is 0 Å². The largest absolute Gasteiger partial charge is 0.359 e. The monoisotopic (exact) mass is 197 g/mol. The van der Waals surface area contributed by atoms with Gasteiger partial charge in [0.15, 0.2) is 5.96 Å². The van der Waals surface area contributed by atoms with Crippen LogP contribution in [0.1, 0.15) is 13.8 Å². The molecule has 1 aliphatic heterocycles. The maximum absolute atomic E-state index is 4.48. The SMILES string of the molecule is CNC1=NC(C(C)C)N=C(N(C)C)N1. The molecule has 0 aromatic carbocycles. The molecule has 80 valence electrons. The number of hydrogen-bond donors (Lipinski definition) is 2. The van der Waals surface area contributed by atoms with E-state index in [0.29, 0.717) is 5.92 Å². The van der Waals surface area contributed by atoms with Gasteiger partial charge >= 0.3 is 0 Å². The smallest absolute Gasteiger partial charge is 0.202 e. The normalized spacial score (nSPS) is 21.1. The van der Waals surface area contributed by atoms with Crippen LogP contribution in [0.3, 0.4) is 0 Å². The van der Waals surface area contributed by atoms with E-state index in [9.17, 15) is 0 Å². The van der Waals surface area contributed by atoms with Gasteiger partial charge in [0, 0.05) is 21.1 Å². The molecule has 0 bridgehead atoms. The highest BCUT2D eigenvalue weighted by atomic mass is 15.4. The van der Waals surface area contributed by atoms with E-state index in [0.717, 1.165) is 11.9 Å². The lowest BCUT2D eigenvalue weighted by Gasteiger charge is -2.26. The molecular formula is C9H19N5. The van der Waals surface area contributed by atoms with Crippen molar-refractivity contribution in [3.8, 4) is 0 Å². The second-order valence-corrected chi connectivity index (χ2v) is 3.86. The summed E-state index contributed by atoms with van der Waals surface area (Å²) in [4.78, 5) is 10.8. The zero-order valence-corrected chi connectivity index (χ0v) is 9.50. The van der Waals surface area contributed by atoms with Gasteiger partial charge < -0.3 is 10.2 Å². The van der Waals surface area contributed by atoms with Crippen LogP contribution < -0.4 is 10.6 Å². The van der Waals surface area contributed by atoms with Crippen molar-refractivity contribution in [2.24, 2.45) is 15.9 Å². The number of nitrogens with zero attached hydrogens (tertiary/aromatic N) is 3. The first-order chi connectivity index (χ1) is 6.54. The van der Waals surface area contributed by atoms with Crippen molar-refractivity contribution < 1.29 is 0 Å². The first-order valence-electron chi connectivity index (χ1n) is 4.82. The van der Waals surface area contributed by atoms with E-state index in [-0.39, 0.29) is 6.17 Å². The van der Waals surface area contributed by atoms with Crippen LogP contribution in [-0.2, 0) is 0 Å². The van der Waals surface area contributed by atoms with Gasteiger partial charge in [0.2, 0.25) is 5.96 Å². The maximum atomic E-state index is 4.48. The van der Waals surface area contributed by atoms with Crippen molar-refractivity contribution >= 4 is 11.9 Å². The Morgan fingerprint density at radius 1 is 1.36 bits per heavy atom. The molecule has 14 heavy (non-hydrogen) atoms. The molecule has 0 fully saturated rings. The minimum atomic E-state index is 0.0103. The predicted octanol–water partition coefficient (Wildman–Crippen LogP) is 0.0647. The topological polar surface area (TPSA) is 52.0 Å². The van der Waals surface area contributed by atoms with Crippen LogP contribution >= 0.6 is 0 Å². The van der Waals surface area contributed by atoms with E-state index in [2.05, 4.69) is 34.5 Å². The molecule has 0 radical (unpaired) electrons. The Hall–Kier alpha value is -1.26. The lowest BCUT2D eigenvalue weighted by molar-refractivity contribution is 0.484. The number of rotatable bonds is 1. The summed E-state index contributed by atoms with van der Waals surface area (Å²) >= 11 is 0. The Balaban J connectivity index is 2.83. The third kappa shape index (κ3) is 2.37. The molecule has 5 heteroatoms. The van der Waals surface area contributed by atoms with E-state index in [4.69, 9.17) is 0 Å². The summed E-state index contributed by atoms with van der Waals surface area (Å²) in [6.07, 6.45) is 0.0103. The van der Waals surface area contributed by atoms with Gasteiger partial charge in [-0.15, -0.1) is 0 Å². The zero-order chi connectivity index (χ0) is 10.7. The summed E-state index contributed by atoms with van der Waals surface area (Å²) in [6, 6.07) is 0. The van der Waals surface area contributed by atoms with Gasteiger partial charge in [0.05, 0.1) is 0 Å². The Kier molecular flexibility index (Phi) is 3.33. The quantitative estimate of drug-likeness (QED) is 0.625. The summed E-state index contributed by atoms with van der Waals surface area (Å²) in [5.41, 5.74) is 0. The third-order valence-corrected chi connectivity index (χ3v) is 2.00. The average Bonchev–Trinajstić information content (AvgIpc) is 2.16. The highest BCUT2D eigenvalue weighted by molar-refractivity contribution is 5.99. The first-order valence-corrected chi connectivity index (χ1v) is 4.82.